The number of benzene rings is 2. The first-order valence-electron chi connectivity index (χ1n) is 9.53. The molecule has 160 valence electrons. The Labute approximate surface area is 184 Å². The van der Waals surface area contributed by atoms with Crippen molar-refractivity contribution in [2.24, 2.45) is 0 Å². The third-order valence-electron chi connectivity index (χ3n) is 4.61. The van der Waals surface area contributed by atoms with Gasteiger partial charge in [-0.05, 0) is 44.5 Å². The van der Waals surface area contributed by atoms with Crippen molar-refractivity contribution in [3.05, 3.63) is 58.1 Å². The smallest absolute Gasteiger partial charge is 0.329 e. The molecule has 0 saturated heterocycles. The van der Waals surface area contributed by atoms with Crippen molar-refractivity contribution in [2.75, 3.05) is 23.4 Å². The summed E-state index contributed by atoms with van der Waals surface area (Å²) in [7, 11) is 0. The number of nitrogens with one attached hydrogen (secondary N) is 2. The minimum atomic E-state index is -2.28. The van der Waals surface area contributed by atoms with E-state index >= 15 is 0 Å². The number of hydrogen-bond donors (Lipinski definition) is 3. The van der Waals surface area contributed by atoms with E-state index in [0.717, 1.165) is 4.90 Å². The molecule has 0 saturated carbocycles. The maximum absolute atomic E-state index is 13.2. The van der Waals surface area contributed by atoms with Crippen LogP contribution in [0.2, 0.25) is 10.0 Å². The number of carbonyl (C=O) groups excluding carboxylic acids is 2. The van der Waals surface area contributed by atoms with E-state index in [2.05, 4.69) is 10.6 Å². The fourth-order valence-corrected chi connectivity index (χ4v) is 3.50. The van der Waals surface area contributed by atoms with Crippen molar-refractivity contribution in [2.45, 2.75) is 32.1 Å². The summed E-state index contributed by atoms with van der Waals surface area (Å²) in [5, 5.41) is 17.5. The summed E-state index contributed by atoms with van der Waals surface area (Å²) < 4.78 is 5.47. The maximum Gasteiger partial charge on any atom is 0.329 e. The molecule has 1 atom stereocenters. The Kier molecular flexibility index (Phi) is 6.88. The van der Waals surface area contributed by atoms with E-state index in [1.807, 2.05) is 13.8 Å². The Balaban J connectivity index is 1.95. The topological polar surface area (TPSA) is 90.9 Å². The van der Waals surface area contributed by atoms with Crippen molar-refractivity contribution in [1.82, 2.24) is 5.32 Å². The first-order chi connectivity index (χ1) is 14.2. The molecule has 0 aliphatic carbocycles. The Morgan fingerprint density at radius 3 is 2.67 bits per heavy atom. The predicted molar refractivity (Wildman–Crippen MR) is 117 cm³/mol. The SMILES string of the molecule is CC(C)OCCCNC(=O)[C@@]1(O)c2ccccc2NC(=O)N1c1ccc(Cl)c(Cl)c1. The molecule has 1 aliphatic rings. The fraction of sp³-hybridized carbons (Fsp3) is 0.333. The highest BCUT2D eigenvalue weighted by Gasteiger charge is 2.51. The second-order valence-electron chi connectivity index (χ2n) is 7.11. The summed E-state index contributed by atoms with van der Waals surface area (Å²) in [4.78, 5) is 27.1. The second kappa shape index (κ2) is 9.22. The number of rotatable bonds is 7. The van der Waals surface area contributed by atoms with E-state index in [-0.39, 0.29) is 33.9 Å². The Bertz CT molecular complexity index is 954. The lowest BCUT2D eigenvalue weighted by Gasteiger charge is -2.42. The summed E-state index contributed by atoms with van der Waals surface area (Å²) in [5.41, 5.74) is -1.47. The number of ether oxygens (including phenoxy) is 1. The van der Waals surface area contributed by atoms with Gasteiger partial charge in [0.05, 0.1) is 27.5 Å². The molecule has 3 N–H and O–H groups in total. The van der Waals surface area contributed by atoms with Crippen molar-refractivity contribution >= 4 is 46.5 Å². The number of anilines is 2. The van der Waals surface area contributed by atoms with Gasteiger partial charge in [0.1, 0.15) is 0 Å². The maximum atomic E-state index is 13.2. The molecule has 0 aromatic heterocycles. The Morgan fingerprint density at radius 2 is 1.97 bits per heavy atom. The summed E-state index contributed by atoms with van der Waals surface area (Å²) in [5.74, 6) is -0.736. The molecule has 0 unspecified atom stereocenters. The normalized spacial score (nSPS) is 18.2. The first-order valence-corrected chi connectivity index (χ1v) is 10.3. The molecule has 2 aromatic carbocycles. The highest BCUT2D eigenvalue weighted by molar-refractivity contribution is 6.42. The van der Waals surface area contributed by atoms with Gasteiger partial charge in [-0.15, -0.1) is 0 Å². The van der Waals surface area contributed by atoms with Crippen molar-refractivity contribution in [3.63, 3.8) is 0 Å². The van der Waals surface area contributed by atoms with E-state index in [9.17, 15) is 14.7 Å². The Hall–Kier alpha value is -2.32. The number of para-hydroxylation sites is 1. The van der Waals surface area contributed by atoms with Gasteiger partial charge in [0.2, 0.25) is 0 Å². The summed E-state index contributed by atoms with van der Waals surface area (Å²) in [6.07, 6.45) is 0.643. The number of nitrogens with zero attached hydrogens (tertiary/aromatic N) is 1. The molecule has 3 amide bonds. The molecular weight excluding hydrogens is 429 g/mol. The first kappa shape index (κ1) is 22.4. The van der Waals surface area contributed by atoms with Gasteiger partial charge in [-0.2, -0.15) is 0 Å². The van der Waals surface area contributed by atoms with Gasteiger partial charge in [0, 0.05) is 18.7 Å². The zero-order valence-electron chi connectivity index (χ0n) is 16.6. The van der Waals surface area contributed by atoms with E-state index in [1.54, 1.807) is 24.3 Å². The molecule has 1 aliphatic heterocycles. The molecule has 0 bridgehead atoms. The number of aliphatic hydroxyl groups is 1. The number of carbonyl (C=O) groups is 2. The van der Waals surface area contributed by atoms with Crippen LogP contribution in [0.25, 0.3) is 0 Å². The average Bonchev–Trinajstić information content (AvgIpc) is 2.70. The van der Waals surface area contributed by atoms with Crippen LogP contribution < -0.4 is 15.5 Å². The van der Waals surface area contributed by atoms with Crippen molar-refractivity contribution in [3.8, 4) is 0 Å². The molecule has 9 heteroatoms. The summed E-state index contributed by atoms with van der Waals surface area (Å²) >= 11 is 12.1. The molecule has 0 fully saturated rings. The van der Waals surface area contributed by atoms with Crippen LogP contribution in [0.5, 0.6) is 0 Å². The van der Waals surface area contributed by atoms with E-state index in [1.165, 1.54) is 18.2 Å². The molecule has 0 spiro atoms. The van der Waals surface area contributed by atoms with Crippen LogP contribution in [0.1, 0.15) is 25.8 Å². The quantitative estimate of drug-likeness (QED) is 0.552. The minimum absolute atomic E-state index is 0.0870. The van der Waals surface area contributed by atoms with Crippen LogP contribution in [0.3, 0.4) is 0 Å². The molecule has 1 heterocycles. The molecule has 3 rings (SSSR count). The second-order valence-corrected chi connectivity index (χ2v) is 7.93. The summed E-state index contributed by atoms with van der Waals surface area (Å²) in [6.45, 7) is 4.58. The highest BCUT2D eigenvalue weighted by Crippen LogP contribution is 2.41. The van der Waals surface area contributed by atoms with Crippen LogP contribution >= 0.6 is 23.2 Å². The summed E-state index contributed by atoms with van der Waals surface area (Å²) in [6, 6.07) is 10.3. The van der Waals surface area contributed by atoms with Crippen LogP contribution in [-0.2, 0) is 15.3 Å². The predicted octanol–water partition coefficient (Wildman–Crippen LogP) is 4.12. The molecule has 7 nitrogen and oxygen atoms in total. The van der Waals surface area contributed by atoms with Crippen molar-refractivity contribution in [1.29, 1.82) is 0 Å². The fourth-order valence-electron chi connectivity index (χ4n) is 3.20. The van der Waals surface area contributed by atoms with E-state index in [4.69, 9.17) is 27.9 Å². The lowest BCUT2D eigenvalue weighted by Crippen LogP contribution is -2.62. The lowest BCUT2D eigenvalue weighted by atomic mass is 9.95. The average molecular weight is 452 g/mol. The number of halogens is 2. The van der Waals surface area contributed by atoms with Gasteiger partial charge >= 0.3 is 6.03 Å². The molecule has 0 radical (unpaired) electrons. The van der Waals surface area contributed by atoms with Crippen LogP contribution in [0, 0.1) is 0 Å². The van der Waals surface area contributed by atoms with Gasteiger partial charge in [-0.3, -0.25) is 9.69 Å². The third kappa shape index (κ3) is 4.39. The van der Waals surface area contributed by atoms with E-state index in [0.29, 0.717) is 18.7 Å². The van der Waals surface area contributed by atoms with Gasteiger partial charge in [0.15, 0.2) is 0 Å². The molecule has 2 aromatic rings. The minimum Gasteiger partial charge on any atom is -0.379 e. The van der Waals surface area contributed by atoms with Crippen LogP contribution in [0.15, 0.2) is 42.5 Å². The van der Waals surface area contributed by atoms with Gasteiger partial charge in [-0.25, -0.2) is 4.79 Å². The third-order valence-corrected chi connectivity index (χ3v) is 5.35. The largest absolute Gasteiger partial charge is 0.379 e. The molecule has 30 heavy (non-hydrogen) atoms. The van der Waals surface area contributed by atoms with Crippen LogP contribution in [0.4, 0.5) is 16.2 Å². The highest BCUT2D eigenvalue weighted by atomic mass is 35.5. The van der Waals surface area contributed by atoms with Gasteiger partial charge < -0.3 is 20.5 Å². The number of hydrogen-bond acceptors (Lipinski definition) is 4. The number of fused-ring (bicyclic) bond motifs is 1. The number of urea groups is 1. The van der Waals surface area contributed by atoms with Gasteiger partial charge in [-0.1, -0.05) is 41.4 Å². The van der Waals surface area contributed by atoms with E-state index < -0.39 is 17.7 Å². The molecular formula is C21H23Cl2N3O4. The Morgan fingerprint density at radius 1 is 1.23 bits per heavy atom. The van der Waals surface area contributed by atoms with Gasteiger partial charge in [0.25, 0.3) is 11.6 Å². The zero-order chi connectivity index (χ0) is 21.9. The monoisotopic (exact) mass is 451 g/mol. The number of amides is 3. The lowest BCUT2D eigenvalue weighted by molar-refractivity contribution is -0.140. The zero-order valence-corrected chi connectivity index (χ0v) is 18.1. The van der Waals surface area contributed by atoms with Crippen LogP contribution in [-0.4, -0.2) is 36.3 Å². The van der Waals surface area contributed by atoms with Crippen molar-refractivity contribution < 1.29 is 19.4 Å². The standard InChI is InChI=1S/C21H23Cl2N3O4/c1-13(2)30-11-5-10-24-19(27)21(29)15-6-3-4-7-18(15)25-20(28)26(21)14-8-9-16(22)17(23)12-14/h3-4,6-9,12-13,29H,5,10-11H2,1-2H3,(H,24,27)(H,25,28)/t21-/m0/s1.